The number of fused-ring (bicyclic) bond motifs is 1. The highest BCUT2D eigenvalue weighted by atomic mass is 16.6. The molecule has 10 atom stereocenters. The molecular weight excluding hydrogens is 849 g/mol. The molecule has 1 aliphatic carbocycles. The van der Waals surface area contributed by atoms with Crippen molar-refractivity contribution in [2.45, 2.75) is 100 Å². The molecule has 348 valence electrons. The van der Waals surface area contributed by atoms with E-state index in [9.17, 15) is 10.2 Å². The molecule has 3 fully saturated rings. The Balaban J connectivity index is 1.05. The molecule has 12 nitrogen and oxygen atoms in total. The summed E-state index contributed by atoms with van der Waals surface area (Å²) < 4.78 is 53.5. The number of amidine groups is 1. The molecule has 0 bridgehead atoms. The van der Waals surface area contributed by atoms with Gasteiger partial charge in [0.25, 0.3) is 6.02 Å². The molecule has 2 aliphatic heterocycles. The van der Waals surface area contributed by atoms with Crippen LogP contribution in [0, 0.1) is 0 Å². The van der Waals surface area contributed by atoms with Crippen molar-refractivity contribution in [3.8, 4) is 0 Å². The minimum absolute atomic E-state index is 0.0584. The van der Waals surface area contributed by atoms with E-state index in [-0.39, 0.29) is 52.3 Å². The quantitative estimate of drug-likeness (QED) is 0.0671. The molecule has 2 saturated heterocycles. The fraction of sp³-hybridized carbons (Fsp3) is 0.327. The predicted octanol–water partition coefficient (Wildman–Crippen LogP) is 7.31. The van der Waals surface area contributed by atoms with E-state index < -0.39 is 60.6 Å². The Morgan fingerprint density at radius 1 is 0.493 bits per heavy atom. The number of benzene rings is 6. The summed E-state index contributed by atoms with van der Waals surface area (Å²) >= 11 is 0. The smallest absolute Gasteiger partial charge is 0.288 e. The molecule has 3 aliphatic rings. The first-order chi connectivity index (χ1) is 33.0. The Morgan fingerprint density at radius 2 is 0.910 bits per heavy atom. The van der Waals surface area contributed by atoms with E-state index in [0.29, 0.717) is 6.61 Å². The normalized spacial score (nSPS) is 27.3. The molecular formula is C55H58N2O10. The number of nitrogens with zero attached hydrogens (tertiary/aromatic N) is 1. The van der Waals surface area contributed by atoms with E-state index in [1.165, 1.54) is 0 Å². The van der Waals surface area contributed by atoms with Crippen molar-refractivity contribution >= 4 is 6.02 Å². The highest BCUT2D eigenvalue weighted by Crippen LogP contribution is 2.41. The van der Waals surface area contributed by atoms with Gasteiger partial charge >= 0.3 is 0 Å². The first-order valence-corrected chi connectivity index (χ1v) is 22.9. The zero-order valence-corrected chi connectivity index (χ0v) is 37.3. The van der Waals surface area contributed by atoms with Crippen molar-refractivity contribution < 1.29 is 48.1 Å². The third-order valence-electron chi connectivity index (χ3n) is 12.4. The van der Waals surface area contributed by atoms with Crippen molar-refractivity contribution in [2.75, 3.05) is 13.2 Å². The predicted molar refractivity (Wildman–Crippen MR) is 251 cm³/mol. The Hall–Kier alpha value is -5.77. The molecule has 6 aromatic rings. The van der Waals surface area contributed by atoms with Gasteiger partial charge in [0.2, 0.25) is 0 Å². The molecule has 12 heteroatoms. The number of aliphatic hydroxyl groups excluding tert-OH is 2. The van der Waals surface area contributed by atoms with E-state index >= 15 is 0 Å². The zero-order valence-electron chi connectivity index (χ0n) is 37.3. The SMILES string of the molecule is O[C@H]1[C@H]2O/C(=N\[C@H]3O[C@H](COCc4ccccc4)[C@@H](OCc4ccccc4)[C@H](OCc4ccccc4)[C@H]3OCc3ccccc3)N[C@H]2[C@](COCc2ccccc2)(OCc2ccccc2)[C@H]1O. The van der Waals surface area contributed by atoms with Crippen LogP contribution in [-0.2, 0) is 77.5 Å². The van der Waals surface area contributed by atoms with Crippen LogP contribution in [0.15, 0.2) is 187 Å². The lowest BCUT2D eigenvalue weighted by Crippen LogP contribution is -2.61. The van der Waals surface area contributed by atoms with Crippen LogP contribution in [0.25, 0.3) is 0 Å². The van der Waals surface area contributed by atoms with Gasteiger partial charge in [-0.1, -0.05) is 182 Å². The van der Waals surface area contributed by atoms with Crippen molar-refractivity contribution in [2.24, 2.45) is 4.99 Å². The second-order valence-electron chi connectivity index (χ2n) is 17.1. The highest BCUT2D eigenvalue weighted by Gasteiger charge is 2.66. The molecule has 0 unspecified atom stereocenters. The zero-order chi connectivity index (χ0) is 45.7. The number of hydrogen-bond acceptors (Lipinski definition) is 11. The summed E-state index contributed by atoms with van der Waals surface area (Å²) in [7, 11) is 0. The topological polar surface area (TPSA) is 139 Å². The fourth-order valence-electron chi connectivity index (χ4n) is 8.90. The van der Waals surface area contributed by atoms with Gasteiger partial charge < -0.3 is 53.4 Å². The van der Waals surface area contributed by atoms with Crippen LogP contribution in [0.5, 0.6) is 0 Å². The second-order valence-corrected chi connectivity index (χ2v) is 17.1. The van der Waals surface area contributed by atoms with Crippen LogP contribution in [-0.4, -0.2) is 90.0 Å². The second kappa shape index (κ2) is 22.8. The summed E-state index contributed by atoms with van der Waals surface area (Å²) in [6.45, 7) is 1.61. The molecule has 0 spiro atoms. The monoisotopic (exact) mass is 906 g/mol. The van der Waals surface area contributed by atoms with Crippen LogP contribution in [0.4, 0.5) is 0 Å². The van der Waals surface area contributed by atoms with Crippen molar-refractivity contribution in [3.05, 3.63) is 215 Å². The van der Waals surface area contributed by atoms with Crippen molar-refractivity contribution in [1.29, 1.82) is 0 Å². The van der Waals surface area contributed by atoms with Crippen LogP contribution in [0.1, 0.15) is 33.4 Å². The maximum absolute atomic E-state index is 11.9. The minimum Gasteiger partial charge on any atom is -0.457 e. The van der Waals surface area contributed by atoms with Gasteiger partial charge in [0.05, 0.1) is 52.9 Å². The van der Waals surface area contributed by atoms with Gasteiger partial charge in [0.15, 0.2) is 12.3 Å². The van der Waals surface area contributed by atoms with Gasteiger partial charge in [-0.2, -0.15) is 0 Å². The molecule has 2 heterocycles. The summed E-state index contributed by atoms with van der Waals surface area (Å²) in [5.41, 5.74) is 4.31. The van der Waals surface area contributed by atoms with E-state index in [2.05, 4.69) is 5.32 Å². The van der Waals surface area contributed by atoms with E-state index in [1.807, 2.05) is 182 Å². The van der Waals surface area contributed by atoms with Crippen LogP contribution >= 0.6 is 0 Å². The number of aliphatic hydroxyl groups is 2. The summed E-state index contributed by atoms with van der Waals surface area (Å²) in [6.07, 6.45) is -7.62. The molecule has 0 aromatic heterocycles. The van der Waals surface area contributed by atoms with E-state index in [4.69, 9.17) is 42.9 Å². The maximum atomic E-state index is 11.9. The van der Waals surface area contributed by atoms with Crippen molar-refractivity contribution in [1.82, 2.24) is 5.32 Å². The van der Waals surface area contributed by atoms with Crippen molar-refractivity contribution in [3.63, 3.8) is 0 Å². The fourth-order valence-corrected chi connectivity index (χ4v) is 8.90. The van der Waals surface area contributed by atoms with Crippen LogP contribution in [0.3, 0.4) is 0 Å². The first kappa shape index (κ1) is 46.3. The van der Waals surface area contributed by atoms with E-state index in [0.717, 1.165) is 33.4 Å². The van der Waals surface area contributed by atoms with Gasteiger partial charge in [0, 0.05) is 0 Å². The van der Waals surface area contributed by atoms with E-state index in [1.54, 1.807) is 0 Å². The van der Waals surface area contributed by atoms with Gasteiger partial charge in [-0.25, -0.2) is 4.99 Å². The number of hydrogen-bond donors (Lipinski definition) is 3. The molecule has 67 heavy (non-hydrogen) atoms. The van der Waals surface area contributed by atoms with Crippen LogP contribution < -0.4 is 5.32 Å². The van der Waals surface area contributed by atoms with Crippen LogP contribution in [0.2, 0.25) is 0 Å². The molecule has 6 aromatic carbocycles. The Morgan fingerprint density at radius 3 is 1.40 bits per heavy atom. The van der Waals surface area contributed by atoms with Gasteiger partial charge in [-0.3, -0.25) is 0 Å². The Labute approximate surface area is 392 Å². The number of nitrogens with one attached hydrogen (secondary N) is 1. The first-order valence-electron chi connectivity index (χ1n) is 22.9. The molecule has 9 rings (SSSR count). The number of aliphatic imine (C=N–C) groups is 1. The molecule has 0 amide bonds. The average Bonchev–Trinajstić information content (AvgIpc) is 3.88. The summed E-state index contributed by atoms with van der Waals surface area (Å²) in [4.78, 5) is 5.11. The number of rotatable bonds is 21. The summed E-state index contributed by atoms with van der Waals surface area (Å²) in [5.74, 6) is 0. The standard InChI is InChI=1S/C55H58N2O10/c58-46-48-51(55(52(46)59,65-36-44-29-17-6-18-30-44)38-61-32-40-21-9-2-10-22-40)56-54(67-48)57-53-50(64-35-43-27-15-5-16-28-43)49(63-34-42-25-13-4-14-26-42)47(62-33-41-23-11-3-12-24-41)45(66-53)37-60-31-39-19-7-1-8-20-39/h1-30,45-53,58-59H,31-38H2,(H,56,57)/t45-,46+,47-,48-,49+,50-,51-,52+,53+,55+/m1/s1. The lowest BCUT2D eigenvalue weighted by molar-refractivity contribution is -0.271. The Bertz CT molecular complexity index is 2400. The van der Waals surface area contributed by atoms with Gasteiger partial charge in [0.1, 0.15) is 48.3 Å². The van der Waals surface area contributed by atoms with Gasteiger partial charge in [-0.05, 0) is 33.4 Å². The van der Waals surface area contributed by atoms with Gasteiger partial charge in [-0.15, -0.1) is 0 Å². The summed E-state index contributed by atoms with van der Waals surface area (Å²) in [6, 6.07) is 58.5. The lowest BCUT2D eigenvalue weighted by Gasteiger charge is -2.45. The maximum Gasteiger partial charge on any atom is 0.288 e. The third-order valence-corrected chi connectivity index (χ3v) is 12.4. The molecule has 3 N–H and O–H groups in total. The Kier molecular flexibility index (Phi) is 15.8. The highest BCUT2D eigenvalue weighted by molar-refractivity contribution is 5.77. The third kappa shape index (κ3) is 11.7. The average molecular weight is 907 g/mol. The number of ether oxygens (including phenoxy) is 8. The molecule has 0 radical (unpaired) electrons. The summed E-state index contributed by atoms with van der Waals surface area (Å²) in [5, 5.41) is 27.0. The lowest BCUT2D eigenvalue weighted by atomic mass is 9.95. The largest absolute Gasteiger partial charge is 0.457 e. The molecule has 1 saturated carbocycles. The minimum atomic E-state index is -1.45.